The number of benzene rings is 1. The minimum absolute atomic E-state index is 0.00770. The Morgan fingerprint density at radius 1 is 1.30 bits per heavy atom. The van der Waals surface area contributed by atoms with E-state index in [9.17, 15) is 21.6 Å². The summed E-state index contributed by atoms with van der Waals surface area (Å²) >= 11 is 0. The van der Waals surface area contributed by atoms with Gasteiger partial charge in [0.2, 0.25) is 0 Å². The SMILES string of the molecule is Cc1cccc(S(=O)(=O)CCCOCC(F)(F)F)c1N. The van der Waals surface area contributed by atoms with Crippen molar-refractivity contribution < 1.29 is 26.3 Å². The number of para-hydroxylation sites is 1. The van der Waals surface area contributed by atoms with Crippen LogP contribution >= 0.6 is 0 Å². The molecule has 0 fully saturated rings. The van der Waals surface area contributed by atoms with E-state index < -0.39 is 22.6 Å². The Balaban J connectivity index is 2.57. The maximum atomic E-state index is 12.0. The van der Waals surface area contributed by atoms with Gasteiger partial charge in [0, 0.05) is 6.61 Å². The summed E-state index contributed by atoms with van der Waals surface area (Å²) in [4.78, 5) is 0.00770. The van der Waals surface area contributed by atoms with Gasteiger partial charge in [-0.15, -0.1) is 0 Å². The van der Waals surface area contributed by atoms with Crippen LogP contribution < -0.4 is 5.73 Å². The van der Waals surface area contributed by atoms with Gasteiger partial charge in [0.25, 0.3) is 0 Å². The van der Waals surface area contributed by atoms with E-state index >= 15 is 0 Å². The fourth-order valence-corrected chi connectivity index (χ4v) is 3.07. The maximum absolute atomic E-state index is 12.0. The van der Waals surface area contributed by atoms with E-state index in [2.05, 4.69) is 4.74 Å². The molecule has 0 aliphatic heterocycles. The minimum atomic E-state index is -4.40. The third-order valence-electron chi connectivity index (χ3n) is 2.59. The van der Waals surface area contributed by atoms with Crippen molar-refractivity contribution in [3.8, 4) is 0 Å². The van der Waals surface area contributed by atoms with E-state index in [1.165, 1.54) is 6.07 Å². The molecule has 0 aromatic heterocycles. The van der Waals surface area contributed by atoms with E-state index in [0.29, 0.717) is 5.56 Å². The van der Waals surface area contributed by atoms with Crippen molar-refractivity contribution in [3.63, 3.8) is 0 Å². The molecule has 0 bridgehead atoms. The average molecular weight is 311 g/mol. The zero-order valence-corrected chi connectivity index (χ0v) is 11.7. The van der Waals surface area contributed by atoms with Gasteiger partial charge in [-0.25, -0.2) is 8.42 Å². The highest BCUT2D eigenvalue weighted by molar-refractivity contribution is 7.91. The van der Waals surface area contributed by atoms with Crippen LogP contribution in [0.15, 0.2) is 23.1 Å². The molecule has 1 rings (SSSR count). The first-order valence-electron chi connectivity index (χ1n) is 5.86. The Hall–Kier alpha value is -1.28. The van der Waals surface area contributed by atoms with Gasteiger partial charge in [-0.2, -0.15) is 13.2 Å². The number of anilines is 1. The number of hydrogen-bond donors (Lipinski definition) is 1. The molecule has 0 spiro atoms. The number of sulfone groups is 1. The van der Waals surface area contributed by atoms with Gasteiger partial charge >= 0.3 is 6.18 Å². The molecule has 4 nitrogen and oxygen atoms in total. The van der Waals surface area contributed by atoms with E-state index in [1.807, 2.05) is 0 Å². The summed E-state index contributed by atoms with van der Waals surface area (Å²) in [6.07, 6.45) is -4.42. The predicted molar refractivity (Wildman–Crippen MR) is 69.1 cm³/mol. The fraction of sp³-hybridized carbons (Fsp3) is 0.500. The molecule has 0 aliphatic rings. The van der Waals surface area contributed by atoms with Crippen molar-refractivity contribution in [2.75, 3.05) is 24.7 Å². The van der Waals surface area contributed by atoms with Gasteiger partial charge in [0.05, 0.1) is 16.3 Å². The zero-order chi connectivity index (χ0) is 15.4. The Kier molecular flexibility index (Phi) is 5.41. The summed E-state index contributed by atoms with van der Waals surface area (Å²) in [5, 5.41) is 0. The van der Waals surface area contributed by atoms with Gasteiger partial charge in [0.15, 0.2) is 9.84 Å². The number of nitrogens with two attached hydrogens (primary N) is 1. The molecule has 1 aromatic rings. The first kappa shape index (κ1) is 16.8. The number of alkyl halides is 3. The molecular formula is C12H16F3NO3S. The number of rotatable bonds is 6. The highest BCUT2D eigenvalue weighted by Crippen LogP contribution is 2.23. The van der Waals surface area contributed by atoms with Gasteiger partial charge < -0.3 is 10.5 Å². The summed E-state index contributed by atoms with van der Waals surface area (Å²) in [6.45, 7) is 0.0326. The molecule has 0 aliphatic carbocycles. The monoisotopic (exact) mass is 311 g/mol. The van der Waals surface area contributed by atoms with Gasteiger partial charge in [-0.3, -0.25) is 0 Å². The lowest BCUT2D eigenvalue weighted by Gasteiger charge is -2.10. The van der Waals surface area contributed by atoms with Crippen LogP contribution in [-0.2, 0) is 14.6 Å². The highest BCUT2D eigenvalue weighted by Gasteiger charge is 2.27. The first-order valence-corrected chi connectivity index (χ1v) is 7.51. The lowest BCUT2D eigenvalue weighted by Crippen LogP contribution is -2.18. The van der Waals surface area contributed by atoms with E-state index in [-0.39, 0.29) is 29.4 Å². The van der Waals surface area contributed by atoms with Crippen LogP contribution in [0.4, 0.5) is 18.9 Å². The summed E-state index contributed by atoms with van der Waals surface area (Å²) in [5.74, 6) is -0.307. The number of aryl methyl sites for hydroxylation is 1. The molecule has 0 unspecified atom stereocenters. The van der Waals surface area contributed by atoms with Crippen LogP contribution in [0.5, 0.6) is 0 Å². The van der Waals surface area contributed by atoms with Crippen LogP contribution in [-0.4, -0.2) is 33.6 Å². The fourth-order valence-electron chi connectivity index (χ4n) is 1.57. The molecule has 114 valence electrons. The van der Waals surface area contributed by atoms with Crippen molar-refractivity contribution in [2.45, 2.75) is 24.4 Å². The topological polar surface area (TPSA) is 69.4 Å². The van der Waals surface area contributed by atoms with E-state index in [4.69, 9.17) is 5.73 Å². The molecule has 20 heavy (non-hydrogen) atoms. The van der Waals surface area contributed by atoms with Crippen LogP contribution in [0, 0.1) is 6.92 Å². The van der Waals surface area contributed by atoms with Crippen LogP contribution in [0.25, 0.3) is 0 Å². The zero-order valence-electron chi connectivity index (χ0n) is 10.9. The third kappa shape index (κ3) is 5.01. The molecule has 0 radical (unpaired) electrons. The van der Waals surface area contributed by atoms with E-state index in [1.54, 1.807) is 19.1 Å². The highest BCUT2D eigenvalue weighted by atomic mass is 32.2. The lowest BCUT2D eigenvalue weighted by atomic mass is 10.2. The second-order valence-electron chi connectivity index (χ2n) is 4.33. The standard InChI is InChI=1S/C12H16F3NO3S/c1-9-4-2-5-10(11(9)16)20(17,18)7-3-6-19-8-12(13,14)15/h2,4-5H,3,6-8,16H2,1H3. The second kappa shape index (κ2) is 6.45. The van der Waals surface area contributed by atoms with Gasteiger partial charge in [-0.1, -0.05) is 12.1 Å². The maximum Gasteiger partial charge on any atom is 0.411 e. The number of ether oxygens (including phenoxy) is 1. The number of hydrogen-bond acceptors (Lipinski definition) is 4. The normalized spacial score (nSPS) is 12.6. The molecule has 8 heteroatoms. The van der Waals surface area contributed by atoms with Gasteiger partial charge in [0.1, 0.15) is 6.61 Å². The van der Waals surface area contributed by atoms with Crippen LogP contribution in [0.2, 0.25) is 0 Å². The van der Waals surface area contributed by atoms with Crippen LogP contribution in [0.1, 0.15) is 12.0 Å². The van der Waals surface area contributed by atoms with Crippen molar-refractivity contribution in [3.05, 3.63) is 23.8 Å². The smallest absolute Gasteiger partial charge is 0.397 e. The number of halogens is 3. The molecule has 0 atom stereocenters. The van der Waals surface area contributed by atoms with Crippen molar-refractivity contribution in [1.82, 2.24) is 0 Å². The predicted octanol–water partition coefficient (Wildman–Crippen LogP) is 2.32. The van der Waals surface area contributed by atoms with Crippen LogP contribution in [0.3, 0.4) is 0 Å². The summed E-state index contributed by atoms with van der Waals surface area (Å²) in [6, 6.07) is 4.63. The van der Waals surface area contributed by atoms with Crippen molar-refractivity contribution in [1.29, 1.82) is 0 Å². The molecule has 0 heterocycles. The Labute approximate surface area is 115 Å². The number of nitrogen functional groups attached to an aromatic ring is 1. The molecular weight excluding hydrogens is 295 g/mol. The molecule has 0 saturated carbocycles. The summed E-state index contributed by atoms with van der Waals surface area (Å²) in [5.41, 5.74) is 6.51. The van der Waals surface area contributed by atoms with E-state index in [0.717, 1.165) is 0 Å². The Bertz CT molecular complexity index is 556. The van der Waals surface area contributed by atoms with Crippen molar-refractivity contribution in [2.24, 2.45) is 0 Å². The summed E-state index contributed by atoms with van der Waals surface area (Å²) < 4.78 is 63.8. The largest absolute Gasteiger partial charge is 0.411 e. The molecule has 2 N–H and O–H groups in total. The molecule has 0 amide bonds. The molecule has 0 saturated heterocycles. The first-order chi connectivity index (χ1) is 9.13. The Morgan fingerprint density at radius 2 is 1.95 bits per heavy atom. The Morgan fingerprint density at radius 3 is 2.55 bits per heavy atom. The quantitative estimate of drug-likeness (QED) is 0.646. The minimum Gasteiger partial charge on any atom is -0.397 e. The molecule has 1 aromatic carbocycles. The average Bonchev–Trinajstić information content (AvgIpc) is 2.30. The van der Waals surface area contributed by atoms with Crippen molar-refractivity contribution >= 4 is 15.5 Å². The third-order valence-corrected chi connectivity index (χ3v) is 4.44. The summed E-state index contributed by atoms with van der Waals surface area (Å²) in [7, 11) is -3.62. The van der Waals surface area contributed by atoms with Gasteiger partial charge in [-0.05, 0) is 25.0 Å². The second-order valence-corrected chi connectivity index (χ2v) is 6.40. The lowest BCUT2D eigenvalue weighted by molar-refractivity contribution is -0.173.